The summed E-state index contributed by atoms with van der Waals surface area (Å²) in [7, 11) is 3.27. The van der Waals surface area contributed by atoms with Crippen LogP contribution in [0.1, 0.15) is 18.1 Å². The third-order valence-corrected chi connectivity index (χ3v) is 4.16. The van der Waals surface area contributed by atoms with Gasteiger partial charge in [0.1, 0.15) is 0 Å². The Labute approximate surface area is 148 Å². The van der Waals surface area contributed by atoms with Crippen molar-refractivity contribution >= 4 is 16.5 Å². The molecular weight excluding hydrogens is 312 g/mol. The van der Waals surface area contributed by atoms with Crippen LogP contribution in [-0.2, 0) is 6.54 Å². The SMILES string of the molecule is COc1ccc(CN/N=C(\C)c2cccc3ccccc23)cc1OC. The second-order valence-corrected chi connectivity index (χ2v) is 5.75. The molecule has 0 saturated heterocycles. The minimum Gasteiger partial charge on any atom is -0.493 e. The predicted octanol–water partition coefficient (Wildman–Crippen LogP) is 4.37. The molecule has 0 saturated carbocycles. The molecule has 0 aromatic heterocycles. The first-order chi connectivity index (χ1) is 12.2. The third kappa shape index (κ3) is 3.74. The number of benzene rings is 3. The topological polar surface area (TPSA) is 42.8 Å². The Balaban J connectivity index is 1.75. The highest BCUT2D eigenvalue weighted by Crippen LogP contribution is 2.27. The van der Waals surface area contributed by atoms with E-state index in [1.54, 1.807) is 14.2 Å². The number of hydrogen-bond donors (Lipinski definition) is 1. The number of nitrogens with zero attached hydrogens (tertiary/aromatic N) is 1. The van der Waals surface area contributed by atoms with Gasteiger partial charge in [-0.1, -0.05) is 48.5 Å². The zero-order valence-corrected chi connectivity index (χ0v) is 14.7. The van der Waals surface area contributed by atoms with E-state index in [9.17, 15) is 0 Å². The fourth-order valence-electron chi connectivity index (χ4n) is 2.84. The minimum absolute atomic E-state index is 0.614. The van der Waals surface area contributed by atoms with Gasteiger partial charge < -0.3 is 14.9 Å². The molecule has 3 rings (SSSR count). The lowest BCUT2D eigenvalue weighted by Crippen LogP contribution is -2.09. The Hall–Kier alpha value is -3.01. The Morgan fingerprint density at radius 1 is 0.920 bits per heavy atom. The maximum absolute atomic E-state index is 5.33. The van der Waals surface area contributed by atoms with E-state index in [1.807, 2.05) is 31.2 Å². The van der Waals surface area contributed by atoms with Crippen LogP contribution in [0.5, 0.6) is 11.5 Å². The molecule has 25 heavy (non-hydrogen) atoms. The highest BCUT2D eigenvalue weighted by molar-refractivity contribution is 6.09. The Kier molecular flexibility index (Phi) is 5.19. The maximum Gasteiger partial charge on any atom is 0.161 e. The molecule has 3 aromatic carbocycles. The second-order valence-electron chi connectivity index (χ2n) is 5.75. The van der Waals surface area contributed by atoms with Crippen molar-refractivity contribution in [3.63, 3.8) is 0 Å². The molecule has 0 spiro atoms. The van der Waals surface area contributed by atoms with Crippen molar-refractivity contribution in [2.24, 2.45) is 5.10 Å². The fraction of sp³-hybridized carbons (Fsp3) is 0.190. The summed E-state index contributed by atoms with van der Waals surface area (Å²) in [6.07, 6.45) is 0. The molecule has 4 nitrogen and oxygen atoms in total. The summed E-state index contributed by atoms with van der Waals surface area (Å²) in [5.41, 5.74) is 6.31. The van der Waals surface area contributed by atoms with Gasteiger partial charge in [-0.3, -0.25) is 0 Å². The van der Waals surface area contributed by atoms with Gasteiger partial charge in [0.05, 0.1) is 26.5 Å². The van der Waals surface area contributed by atoms with Gasteiger partial charge in [0.25, 0.3) is 0 Å². The average Bonchev–Trinajstić information content (AvgIpc) is 2.67. The second kappa shape index (κ2) is 7.71. The smallest absolute Gasteiger partial charge is 0.161 e. The standard InChI is InChI=1S/C21H22N2O2/c1-15(18-10-6-8-17-7-4-5-9-19(17)18)23-22-14-16-11-12-20(24-2)21(13-16)25-3/h4-13,22H,14H2,1-3H3/b23-15+. The largest absolute Gasteiger partial charge is 0.493 e. The maximum atomic E-state index is 5.33. The van der Waals surface area contributed by atoms with Gasteiger partial charge in [-0.25, -0.2) is 0 Å². The van der Waals surface area contributed by atoms with Gasteiger partial charge in [0, 0.05) is 5.56 Å². The summed E-state index contributed by atoms with van der Waals surface area (Å²) in [5, 5.41) is 6.96. The number of hydrazone groups is 1. The van der Waals surface area contributed by atoms with Crippen molar-refractivity contribution in [1.82, 2.24) is 5.43 Å². The summed E-state index contributed by atoms with van der Waals surface area (Å²) in [5.74, 6) is 1.44. The molecule has 0 atom stereocenters. The van der Waals surface area contributed by atoms with Crippen LogP contribution in [0.15, 0.2) is 65.8 Å². The average molecular weight is 334 g/mol. The number of fused-ring (bicyclic) bond motifs is 1. The quantitative estimate of drug-likeness (QED) is 0.538. The van der Waals surface area contributed by atoms with Gasteiger partial charge in [0.15, 0.2) is 11.5 Å². The Morgan fingerprint density at radius 2 is 1.68 bits per heavy atom. The van der Waals surface area contributed by atoms with E-state index >= 15 is 0 Å². The molecule has 0 aliphatic rings. The summed E-state index contributed by atoms with van der Waals surface area (Å²) >= 11 is 0. The molecule has 0 bridgehead atoms. The molecule has 0 amide bonds. The van der Waals surface area contributed by atoms with Crippen molar-refractivity contribution in [2.45, 2.75) is 13.5 Å². The van der Waals surface area contributed by atoms with E-state index in [0.717, 1.165) is 28.3 Å². The molecule has 1 N–H and O–H groups in total. The van der Waals surface area contributed by atoms with Crippen molar-refractivity contribution < 1.29 is 9.47 Å². The zero-order chi connectivity index (χ0) is 17.6. The van der Waals surface area contributed by atoms with Gasteiger partial charge in [0.2, 0.25) is 0 Å². The normalized spacial score (nSPS) is 11.4. The fourth-order valence-corrected chi connectivity index (χ4v) is 2.84. The number of ether oxygens (including phenoxy) is 2. The van der Waals surface area contributed by atoms with E-state index in [1.165, 1.54) is 10.8 Å². The molecule has 3 aromatic rings. The van der Waals surface area contributed by atoms with Crippen molar-refractivity contribution in [3.8, 4) is 11.5 Å². The third-order valence-electron chi connectivity index (χ3n) is 4.16. The van der Waals surface area contributed by atoms with Crippen LogP contribution in [0.25, 0.3) is 10.8 Å². The summed E-state index contributed by atoms with van der Waals surface area (Å²) < 4.78 is 10.6. The molecule has 0 fully saturated rings. The first-order valence-corrected chi connectivity index (χ1v) is 8.19. The molecule has 128 valence electrons. The lowest BCUT2D eigenvalue weighted by molar-refractivity contribution is 0.354. The van der Waals surface area contributed by atoms with E-state index in [0.29, 0.717) is 6.54 Å². The number of hydrogen-bond acceptors (Lipinski definition) is 4. The first kappa shape index (κ1) is 16.8. The van der Waals surface area contributed by atoms with Gasteiger partial charge in [-0.2, -0.15) is 5.10 Å². The Bertz CT molecular complexity index is 898. The lowest BCUT2D eigenvalue weighted by atomic mass is 10.0. The zero-order valence-electron chi connectivity index (χ0n) is 14.7. The molecule has 0 radical (unpaired) electrons. The lowest BCUT2D eigenvalue weighted by Gasteiger charge is -2.10. The number of nitrogens with one attached hydrogen (secondary N) is 1. The first-order valence-electron chi connectivity index (χ1n) is 8.19. The molecule has 0 heterocycles. The van der Waals surface area contributed by atoms with Crippen molar-refractivity contribution in [2.75, 3.05) is 14.2 Å². The van der Waals surface area contributed by atoms with Crippen LogP contribution in [0.3, 0.4) is 0 Å². The van der Waals surface area contributed by atoms with Crippen LogP contribution in [0.4, 0.5) is 0 Å². The van der Waals surface area contributed by atoms with Gasteiger partial charge >= 0.3 is 0 Å². The van der Waals surface area contributed by atoms with Crippen LogP contribution in [0.2, 0.25) is 0 Å². The molecular formula is C21H22N2O2. The molecule has 0 aliphatic heterocycles. The van der Waals surface area contributed by atoms with E-state index in [4.69, 9.17) is 9.47 Å². The monoisotopic (exact) mass is 334 g/mol. The number of methoxy groups -OCH3 is 2. The van der Waals surface area contributed by atoms with Gasteiger partial charge in [-0.15, -0.1) is 0 Å². The van der Waals surface area contributed by atoms with Crippen LogP contribution in [0, 0.1) is 0 Å². The van der Waals surface area contributed by atoms with Crippen LogP contribution < -0.4 is 14.9 Å². The summed E-state index contributed by atoms with van der Waals surface area (Å²) in [4.78, 5) is 0. The van der Waals surface area contributed by atoms with Crippen LogP contribution in [-0.4, -0.2) is 19.9 Å². The van der Waals surface area contributed by atoms with Gasteiger partial charge in [-0.05, 0) is 35.4 Å². The highest BCUT2D eigenvalue weighted by Gasteiger charge is 2.05. The van der Waals surface area contributed by atoms with Crippen LogP contribution >= 0.6 is 0 Å². The molecule has 0 aliphatic carbocycles. The van der Waals surface area contributed by atoms with E-state index in [-0.39, 0.29) is 0 Å². The molecule has 4 heteroatoms. The minimum atomic E-state index is 0.614. The molecule has 0 unspecified atom stereocenters. The summed E-state index contributed by atoms with van der Waals surface area (Å²) in [6, 6.07) is 20.5. The van der Waals surface area contributed by atoms with E-state index in [2.05, 4.69) is 46.9 Å². The highest BCUT2D eigenvalue weighted by atomic mass is 16.5. The summed E-state index contributed by atoms with van der Waals surface area (Å²) in [6.45, 7) is 2.63. The number of rotatable bonds is 6. The Morgan fingerprint density at radius 3 is 2.48 bits per heavy atom. The van der Waals surface area contributed by atoms with E-state index < -0.39 is 0 Å². The van der Waals surface area contributed by atoms with Crippen molar-refractivity contribution in [3.05, 3.63) is 71.8 Å². The predicted molar refractivity (Wildman–Crippen MR) is 103 cm³/mol. The van der Waals surface area contributed by atoms with Crippen molar-refractivity contribution in [1.29, 1.82) is 0 Å².